The van der Waals surface area contributed by atoms with Crippen LogP contribution in [0.3, 0.4) is 0 Å². The van der Waals surface area contributed by atoms with Gasteiger partial charge in [-0.3, -0.25) is 0 Å². The molecular formula is C13H16N2O3S2. The number of sulfonamides is 1. The van der Waals surface area contributed by atoms with Crippen molar-refractivity contribution in [1.82, 2.24) is 4.72 Å². The van der Waals surface area contributed by atoms with E-state index in [0.29, 0.717) is 15.6 Å². The molecule has 1 aromatic carbocycles. The molecule has 0 aliphatic rings. The number of ether oxygens (including phenoxy) is 1. The van der Waals surface area contributed by atoms with Crippen LogP contribution in [0.25, 0.3) is 0 Å². The molecule has 0 unspecified atom stereocenters. The van der Waals surface area contributed by atoms with Crippen LogP contribution < -0.4 is 15.2 Å². The van der Waals surface area contributed by atoms with Crippen LogP contribution in [0.4, 0.5) is 5.69 Å². The van der Waals surface area contributed by atoms with Crippen molar-refractivity contribution in [2.75, 3.05) is 18.9 Å². The van der Waals surface area contributed by atoms with Crippen molar-refractivity contribution < 1.29 is 13.2 Å². The lowest BCUT2D eigenvalue weighted by molar-refractivity contribution is 0.324. The first-order chi connectivity index (χ1) is 9.49. The molecule has 108 valence electrons. The summed E-state index contributed by atoms with van der Waals surface area (Å²) >= 11 is 1.24. The first kappa shape index (κ1) is 14.8. The van der Waals surface area contributed by atoms with Gasteiger partial charge in [-0.1, -0.05) is 12.1 Å². The Morgan fingerprint density at radius 3 is 2.65 bits per heavy atom. The second kappa shape index (κ2) is 6.25. The predicted molar refractivity (Wildman–Crippen MR) is 80.6 cm³/mol. The summed E-state index contributed by atoms with van der Waals surface area (Å²) in [6.07, 6.45) is 0. The van der Waals surface area contributed by atoms with E-state index in [0.717, 1.165) is 4.88 Å². The van der Waals surface area contributed by atoms with Crippen molar-refractivity contribution in [2.45, 2.75) is 11.1 Å². The van der Waals surface area contributed by atoms with Crippen LogP contribution in [-0.4, -0.2) is 21.6 Å². The van der Waals surface area contributed by atoms with Gasteiger partial charge in [-0.15, -0.1) is 11.3 Å². The number of nitrogen functional groups attached to an aromatic ring is 1. The highest BCUT2D eigenvalue weighted by molar-refractivity contribution is 7.91. The molecule has 0 saturated carbocycles. The van der Waals surface area contributed by atoms with Crippen LogP contribution in [-0.2, 0) is 10.0 Å². The summed E-state index contributed by atoms with van der Waals surface area (Å²) < 4.78 is 32.1. The SMILES string of the molecule is Cc1ccc(S(=O)(=O)NCCOc2ccccc2N)s1. The van der Waals surface area contributed by atoms with E-state index in [1.807, 2.05) is 19.1 Å². The monoisotopic (exact) mass is 312 g/mol. The van der Waals surface area contributed by atoms with E-state index in [-0.39, 0.29) is 13.2 Å². The summed E-state index contributed by atoms with van der Waals surface area (Å²) in [5.41, 5.74) is 6.25. The molecule has 0 aliphatic heterocycles. The van der Waals surface area contributed by atoms with Crippen molar-refractivity contribution in [1.29, 1.82) is 0 Å². The maximum atomic E-state index is 11.9. The van der Waals surface area contributed by atoms with Crippen LogP contribution in [0.15, 0.2) is 40.6 Å². The van der Waals surface area contributed by atoms with Crippen LogP contribution in [0.1, 0.15) is 4.88 Å². The third kappa shape index (κ3) is 3.72. The number of anilines is 1. The van der Waals surface area contributed by atoms with E-state index in [9.17, 15) is 8.42 Å². The zero-order chi connectivity index (χ0) is 14.6. The van der Waals surface area contributed by atoms with E-state index < -0.39 is 10.0 Å². The Bertz CT molecular complexity index is 680. The van der Waals surface area contributed by atoms with Crippen molar-refractivity contribution >= 4 is 27.0 Å². The third-order valence-electron chi connectivity index (χ3n) is 2.55. The lowest BCUT2D eigenvalue weighted by Gasteiger charge is -2.09. The molecule has 20 heavy (non-hydrogen) atoms. The minimum absolute atomic E-state index is 0.188. The molecule has 3 N–H and O–H groups in total. The number of nitrogens with two attached hydrogens (primary N) is 1. The number of hydrogen-bond donors (Lipinski definition) is 2. The molecule has 0 bridgehead atoms. The number of aryl methyl sites for hydroxylation is 1. The fourth-order valence-electron chi connectivity index (χ4n) is 1.58. The largest absolute Gasteiger partial charge is 0.490 e. The van der Waals surface area contributed by atoms with Gasteiger partial charge in [0.1, 0.15) is 16.6 Å². The minimum Gasteiger partial charge on any atom is -0.490 e. The Morgan fingerprint density at radius 2 is 2.00 bits per heavy atom. The molecule has 0 saturated heterocycles. The summed E-state index contributed by atoms with van der Waals surface area (Å²) in [7, 11) is -3.45. The van der Waals surface area contributed by atoms with Crippen LogP contribution in [0.5, 0.6) is 5.75 Å². The lowest BCUT2D eigenvalue weighted by atomic mass is 10.3. The minimum atomic E-state index is -3.45. The van der Waals surface area contributed by atoms with Gasteiger partial charge in [-0.25, -0.2) is 13.1 Å². The summed E-state index contributed by atoms with van der Waals surface area (Å²) in [6.45, 7) is 2.27. The summed E-state index contributed by atoms with van der Waals surface area (Å²) in [5, 5.41) is 0. The molecule has 7 heteroatoms. The molecular weight excluding hydrogens is 296 g/mol. The smallest absolute Gasteiger partial charge is 0.250 e. The van der Waals surface area contributed by atoms with Crippen molar-refractivity contribution in [3.63, 3.8) is 0 Å². The average molecular weight is 312 g/mol. The Hall–Kier alpha value is -1.57. The van der Waals surface area contributed by atoms with Gasteiger partial charge in [-0.2, -0.15) is 0 Å². The van der Waals surface area contributed by atoms with Gasteiger partial charge >= 0.3 is 0 Å². The van der Waals surface area contributed by atoms with Gasteiger partial charge in [0.15, 0.2) is 0 Å². The van der Waals surface area contributed by atoms with E-state index >= 15 is 0 Å². The summed E-state index contributed by atoms with van der Waals surface area (Å²) in [5.74, 6) is 0.554. The quantitative estimate of drug-likeness (QED) is 0.631. The van der Waals surface area contributed by atoms with Crippen LogP contribution >= 0.6 is 11.3 Å². The van der Waals surface area contributed by atoms with Gasteiger partial charge in [0.2, 0.25) is 10.0 Å². The maximum Gasteiger partial charge on any atom is 0.250 e. The summed E-state index contributed by atoms with van der Waals surface area (Å²) in [4.78, 5) is 0.957. The topological polar surface area (TPSA) is 81.4 Å². The Labute approximate surface area is 122 Å². The third-order valence-corrected chi connectivity index (χ3v) is 5.50. The highest BCUT2D eigenvalue weighted by atomic mass is 32.2. The molecule has 5 nitrogen and oxygen atoms in total. The fraction of sp³-hybridized carbons (Fsp3) is 0.231. The highest BCUT2D eigenvalue weighted by Gasteiger charge is 2.15. The molecule has 2 aromatic rings. The van der Waals surface area contributed by atoms with Gasteiger partial charge < -0.3 is 10.5 Å². The van der Waals surface area contributed by atoms with Gasteiger partial charge in [0.25, 0.3) is 0 Å². The second-order valence-corrected chi connectivity index (χ2v) is 7.43. The normalized spacial score (nSPS) is 11.4. The molecule has 0 radical (unpaired) electrons. The molecule has 0 atom stereocenters. The fourth-order valence-corrected chi connectivity index (χ4v) is 3.92. The zero-order valence-corrected chi connectivity index (χ0v) is 12.6. The molecule has 0 amide bonds. The molecule has 1 aromatic heterocycles. The zero-order valence-electron chi connectivity index (χ0n) is 11.0. The average Bonchev–Trinajstić information content (AvgIpc) is 2.84. The lowest BCUT2D eigenvalue weighted by Crippen LogP contribution is -2.27. The van der Waals surface area contributed by atoms with E-state index in [4.69, 9.17) is 10.5 Å². The first-order valence-corrected chi connectivity index (χ1v) is 8.32. The maximum absolute atomic E-state index is 11.9. The molecule has 2 rings (SSSR count). The number of nitrogens with one attached hydrogen (secondary N) is 1. The number of hydrogen-bond acceptors (Lipinski definition) is 5. The van der Waals surface area contributed by atoms with Crippen molar-refractivity contribution in [2.24, 2.45) is 0 Å². The number of rotatable bonds is 6. The van der Waals surface area contributed by atoms with Gasteiger partial charge in [0, 0.05) is 11.4 Å². The molecule has 0 spiro atoms. The van der Waals surface area contributed by atoms with Gasteiger partial charge in [0.05, 0.1) is 5.69 Å². The Morgan fingerprint density at radius 1 is 1.25 bits per heavy atom. The number of thiophene rings is 1. The van der Waals surface area contributed by atoms with Crippen LogP contribution in [0, 0.1) is 6.92 Å². The van der Waals surface area contributed by atoms with E-state index in [1.165, 1.54) is 11.3 Å². The molecule has 0 fully saturated rings. The second-order valence-electron chi connectivity index (χ2n) is 4.15. The van der Waals surface area contributed by atoms with Crippen LogP contribution in [0.2, 0.25) is 0 Å². The van der Waals surface area contributed by atoms with Crippen molar-refractivity contribution in [3.8, 4) is 5.75 Å². The number of para-hydroxylation sites is 2. The van der Waals surface area contributed by atoms with E-state index in [1.54, 1.807) is 24.3 Å². The molecule has 1 heterocycles. The first-order valence-electron chi connectivity index (χ1n) is 6.02. The Balaban J connectivity index is 1.86. The summed E-state index contributed by atoms with van der Waals surface area (Å²) in [6, 6.07) is 10.5. The number of benzene rings is 1. The Kier molecular flexibility index (Phi) is 4.64. The highest BCUT2D eigenvalue weighted by Crippen LogP contribution is 2.21. The van der Waals surface area contributed by atoms with Crippen molar-refractivity contribution in [3.05, 3.63) is 41.3 Å². The molecule has 0 aliphatic carbocycles. The van der Waals surface area contributed by atoms with Gasteiger partial charge in [-0.05, 0) is 31.2 Å². The predicted octanol–water partition coefficient (Wildman–Crippen LogP) is 2.00. The standard InChI is InChI=1S/C13H16N2O3S2/c1-10-6-7-13(19-10)20(16,17)15-8-9-18-12-5-3-2-4-11(12)14/h2-7,15H,8-9,14H2,1H3. The van der Waals surface area contributed by atoms with E-state index in [2.05, 4.69) is 4.72 Å².